The van der Waals surface area contributed by atoms with Gasteiger partial charge in [-0.05, 0) is 57.0 Å². The fraction of sp³-hybridized carbons (Fsp3) is 0.452. The first-order chi connectivity index (χ1) is 19.3. The van der Waals surface area contributed by atoms with E-state index in [-0.39, 0.29) is 5.91 Å². The van der Waals surface area contributed by atoms with Crippen LogP contribution in [0.5, 0.6) is 0 Å². The van der Waals surface area contributed by atoms with Gasteiger partial charge in [0, 0.05) is 35.6 Å². The van der Waals surface area contributed by atoms with Crippen molar-refractivity contribution < 1.29 is 4.79 Å². The highest BCUT2D eigenvalue weighted by Crippen LogP contribution is 2.42. The van der Waals surface area contributed by atoms with Crippen LogP contribution in [0, 0.1) is 6.92 Å². The van der Waals surface area contributed by atoms with Gasteiger partial charge in [0.1, 0.15) is 15.5 Å². The van der Waals surface area contributed by atoms with Gasteiger partial charge in [0.15, 0.2) is 0 Å². The summed E-state index contributed by atoms with van der Waals surface area (Å²) in [6, 6.07) is 11.3. The lowest BCUT2D eigenvalue weighted by atomic mass is 10.1. The highest BCUT2D eigenvalue weighted by atomic mass is 32.2. The maximum atomic E-state index is 11.5. The second-order valence-corrected chi connectivity index (χ2v) is 12.2. The van der Waals surface area contributed by atoms with Crippen LogP contribution in [-0.4, -0.2) is 53.7 Å². The molecule has 0 unspecified atom stereocenters. The molecular formula is C31H47N5OS3. The molecule has 0 aliphatic rings. The van der Waals surface area contributed by atoms with Crippen molar-refractivity contribution in [2.45, 2.75) is 65.0 Å². The lowest BCUT2D eigenvalue weighted by Crippen LogP contribution is -2.31. The van der Waals surface area contributed by atoms with E-state index >= 15 is 0 Å². The van der Waals surface area contributed by atoms with Crippen molar-refractivity contribution in [3.8, 4) is 10.7 Å². The van der Waals surface area contributed by atoms with E-state index in [0.29, 0.717) is 12.1 Å². The number of rotatable bonds is 9. The molecule has 3 aromatic heterocycles. The van der Waals surface area contributed by atoms with Crippen molar-refractivity contribution in [1.29, 1.82) is 0 Å². The molecule has 0 atom stereocenters. The first-order valence-corrected chi connectivity index (χ1v) is 16.7. The molecule has 0 fully saturated rings. The number of pyridine rings is 1. The van der Waals surface area contributed by atoms with Gasteiger partial charge >= 0.3 is 0 Å². The molecule has 0 aliphatic heterocycles. The number of nitrogen functional groups attached to an aromatic ring is 1. The van der Waals surface area contributed by atoms with E-state index in [1.807, 2.05) is 86.5 Å². The number of hydrogen-bond donors (Lipinski definition) is 2. The van der Waals surface area contributed by atoms with Crippen molar-refractivity contribution in [2.24, 2.45) is 0 Å². The zero-order valence-corrected chi connectivity index (χ0v) is 27.9. The number of thiazole rings is 1. The van der Waals surface area contributed by atoms with Gasteiger partial charge in [-0.15, -0.1) is 34.4 Å². The van der Waals surface area contributed by atoms with Crippen LogP contribution in [-0.2, 0) is 0 Å². The number of nitrogens with one attached hydrogen (secondary N) is 1. The number of likely N-dealkylation sites (N-methyl/N-ethyl adjacent to an activating group) is 1. The van der Waals surface area contributed by atoms with Crippen molar-refractivity contribution in [2.75, 3.05) is 38.7 Å². The molecular weight excluding hydrogens is 555 g/mol. The van der Waals surface area contributed by atoms with Crippen molar-refractivity contribution in [3.63, 3.8) is 0 Å². The lowest BCUT2D eigenvalue weighted by Gasteiger charge is -2.10. The largest absolute Gasteiger partial charge is 0.397 e. The van der Waals surface area contributed by atoms with Gasteiger partial charge in [-0.1, -0.05) is 65.7 Å². The molecule has 6 nitrogen and oxygen atoms in total. The summed E-state index contributed by atoms with van der Waals surface area (Å²) in [6.45, 7) is 14.1. The second kappa shape index (κ2) is 20.4. The molecule has 3 N–H and O–H groups in total. The summed E-state index contributed by atoms with van der Waals surface area (Å²) in [5.41, 5.74) is 10.1. The number of fused-ring (bicyclic) bond motifs is 1. The van der Waals surface area contributed by atoms with E-state index in [2.05, 4.69) is 44.1 Å². The summed E-state index contributed by atoms with van der Waals surface area (Å²) in [5, 5.41) is 6.90. The number of benzene rings is 1. The van der Waals surface area contributed by atoms with Crippen LogP contribution in [0.25, 0.3) is 20.9 Å². The van der Waals surface area contributed by atoms with Gasteiger partial charge in [0.25, 0.3) is 5.91 Å². The summed E-state index contributed by atoms with van der Waals surface area (Å²) in [6.07, 6.45) is 5.49. The number of anilines is 1. The van der Waals surface area contributed by atoms with Gasteiger partial charge in [0.2, 0.25) is 0 Å². The number of carbonyl (C=O) groups is 1. The molecule has 0 saturated heterocycles. The zero-order valence-electron chi connectivity index (χ0n) is 25.4. The highest BCUT2D eigenvalue weighted by Gasteiger charge is 2.15. The van der Waals surface area contributed by atoms with Crippen molar-refractivity contribution >= 4 is 56.2 Å². The molecule has 0 saturated carbocycles. The number of thiophene rings is 1. The molecule has 1 amide bonds. The Bertz CT molecular complexity index is 1220. The number of nitrogens with zero attached hydrogens (tertiary/aromatic N) is 3. The maximum Gasteiger partial charge on any atom is 0.251 e. The minimum atomic E-state index is -0.00699. The Labute approximate surface area is 253 Å². The maximum absolute atomic E-state index is 11.5. The Balaban J connectivity index is 0.000000366. The Morgan fingerprint density at radius 1 is 1.12 bits per heavy atom. The van der Waals surface area contributed by atoms with Crippen LogP contribution in [0.1, 0.15) is 69.8 Å². The molecule has 4 rings (SSSR count). The summed E-state index contributed by atoms with van der Waals surface area (Å²) in [4.78, 5) is 23.7. The smallest absolute Gasteiger partial charge is 0.251 e. The fourth-order valence-electron chi connectivity index (χ4n) is 3.25. The van der Waals surface area contributed by atoms with E-state index < -0.39 is 0 Å². The Hall–Kier alpha value is -2.46. The Kier molecular flexibility index (Phi) is 18.2. The van der Waals surface area contributed by atoms with E-state index in [0.717, 1.165) is 38.9 Å². The topological polar surface area (TPSA) is 84.1 Å². The van der Waals surface area contributed by atoms with E-state index in [1.54, 1.807) is 22.7 Å². The Morgan fingerprint density at radius 2 is 1.80 bits per heavy atom. The minimum absolute atomic E-state index is 0.00699. The molecule has 0 bridgehead atoms. The molecule has 1 aromatic carbocycles. The number of aromatic nitrogens is 2. The van der Waals surface area contributed by atoms with E-state index in [1.165, 1.54) is 29.0 Å². The monoisotopic (exact) mass is 601 g/mol. The number of aryl methyl sites for hydroxylation is 1. The fourth-order valence-corrected chi connectivity index (χ4v) is 6.35. The second-order valence-electron chi connectivity index (χ2n) is 8.98. The number of hydrogen-bond acceptors (Lipinski definition) is 8. The summed E-state index contributed by atoms with van der Waals surface area (Å²) in [7, 11) is 3.96. The highest BCUT2D eigenvalue weighted by molar-refractivity contribution is 8.01. The zero-order chi connectivity index (χ0) is 29.9. The van der Waals surface area contributed by atoms with Crippen LogP contribution >= 0.6 is 34.4 Å². The Morgan fingerprint density at radius 3 is 2.38 bits per heavy atom. The standard InChI is InChI=1S/C15H17N3S3.C11H16N2O.C3H8.C2H6/c1-3-4-6-20-15-12(16)11-9(2)8-10(18-14(11)21-15)13-17-5-7-19-13;1-13(2)9-8-12-11(14)10-6-4-3-5-7-10;1-3-2;1-2/h5,7-8H,3-4,6,16H2,1-2H3;3-7H,8-9H2,1-2H3,(H,12,14);3H2,1-2H3;1-2H3. The molecule has 220 valence electrons. The molecule has 4 aromatic rings. The van der Waals surface area contributed by atoms with Gasteiger partial charge in [-0.25, -0.2) is 9.97 Å². The minimum Gasteiger partial charge on any atom is -0.397 e. The number of amides is 1. The van der Waals surface area contributed by atoms with Crippen molar-refractivity contribution in [3.05, 3.63) is 59.1 Å². The third-order valence-corrected chi connectivity index (χ3v) is 8.39. The van der Waals surface area contributed by atoms with E-state index in [9.17, 15) is 4.79 Å². The van der Waals surface area contributed by atoms with Crippen LogP contribution in [0.4, 0.5) is 5.69 Å². The third kappa shape index (κ3) is 12.0. The SMILES string of the molecule is CC.CCC.CCCCSc1sc2nc(-c3nccs3)cc(C)c2c1N.CN(C)CCNC(=O)c1ccccc1. The predicted molar refractivity (Wildman–Crippen MR) is 180 cm³/mol. The summed E-state index contributed by atoms with van der Waals surface area (Å²) >= 11 is 5.17. The van der Waals surface area contributed by atoms with Gasteiger partial charge in [-0.3, -0.25) is 4.79 Å². The number of thioether (sulfide) groups is 1. The van der Waals surface area contributed by atoms with Gasteiger partial charge in [0.05, 0.1) is 9.90 Å². The van der Waals surface area contributed by atoms with Crippen LogP contribution in [0.3, 0.4) is 0 Å². The molecule has 3 heterocycles. The molecule has 0 spiro atoms. The van der Waals surface area contributed by atoms with Crippen LogP contribution in [0.15, 0.2) is 52.2 Å². The average molecular weight is 602 g/mol. The van der Waals surface area contributed by atoms with Gasteiger partial charge in [-0.2, -0.15) is 0 Å². The molecule has 9 heteroatoms. The first kappa shape index (κ1) is 35.6. The number of nitrogens with two attached hydrogens (primary N) is 1. The lowest BCUT2D eigenvalue weighted by molar-refractivity contribution is 0.0951. The molecule has 40 heavy (non-hydrogen) atoms. The summed E-state index contributed by atoms with van der Waals surface area (Å²) in [5.74, 6) is 1.11. The van der Waals surface area contributed by atoms with Crippen molar-refractivity contribution in [1.82, 2.24) is 20.2 Å². The predicted octanol–water partition coefficient (Wildman–Crippen LogP) is 8.62. The van der Waals surface area contributed by atoms with E-state index in [4.69, 9.17) is 10.7 Å². The first-order valence-electron chi connectivity index (χ1n) is 14.0. The third-order valence-electron chi connectivity index (χ3n) is 5.13. The van der Waals surface area contributed by atoms with Crippen LogP contribution < -0.4 is 11.1 Å². The normalized spacial score (nSPS) is 10.1. The van der Waals surface area contributed by atoms with Gasteiger partial charge < -0.3 is 16.0 Å². The number of carbonyl (C=O) groups excluding carboxylic acids is 1. The molecule has 0 aliphatic carbocycles. The quantitative estimate of drug-likeness (QED) is 0.148. The average Bonchev–Trinajstić information content (AvgIpc) is 3.60. The summed E-state index contributed by atoms with van der Waals surface area (Å²) < 4.78 is 1.20. The number of unbranched alkanes of at least 4 members (excludes halogenated alkanes) is 1. The molecule has 0 radical (unpaired) electrons. The van der Waals surface area contributed by atoms with Crippen LogP contribution in [0.2, 0.25) is 0 Å².